The first-order valence-electron chi connectivity index (χ1n) is 4.36. The molecule has 0 aliphatic rings. The van der Waals surface area contributed by atoms with Gasteiger partial charge in [-0.1, -0.05) is 13.8 Å². The maximum atomic E-state index is 10.7. The fraction of sp³-hybridized carbons (Fsp3) is 0.444. The molecule has 0 fully saturated rings. The van der Waals surface area contributed by atoms with E-state index in [9.17, 15) is 9.59 Å². The first-order valence-corrected chi connectivity index (χ1v) is 4.36. The molecule has 1 heterocycles. The molecule has 1 unspecified atom stereocenters. The summed E-state index contributed by atoms with van der Waals surface area (Å²) in [7, 11) is 0. The predicted octanol–water partition coefficient (Wildman–Crippen LogP) is 0.716. The van der Waals surface area contributed by atoms with Crippen LogP contribution in [0.2, 0.25) is 0 Å². The number of H-pyrrole nitrogens is 2. The summed E-state index contributed by atoms with van der Waals surface area (Å²) >= 11 is 0. The fourth-order valence-electron chi connectivity index (χ4n) is 0.790. The van der Waals surface area contributed by atoms with Crippen molar-refractivity contribution in [2.75, 3.05) is 0 Å². The minimum absolute atomic E-state index is 0.339. The monoisotopic (exact) mass is 195 g/mol. The summed E-state index contributed by atoms with van der Waals surface area (Å²) in [4.78, 5) is 25.8. The molecule has 0 bridgehead atoms. The van der Waals surface area contributed by atoms with Gasteiger partial charge in [-0.2, -0.15) is 5.26 Å². The number of aromatic amines is 2. The van der Waals surface area contributed by atoms with Crippen molar-refractivity contribution in [1.82, 2.24) is 9.97 Å². The third kappa shape index (κ3) is 3.27. The zero-order chi connectivity index (χ0) is 11.1. The van der Waals surface area contributed by atoms with Gasteiger partial charge in [0.05, 0.1) is 12.0 Å². The van der Waals surface area contributed by atoms with Crippen LogP contribution >= 0.6 is 0 Å². The molecule has 0 radical (unpaired) electrons. The molecule has 14 heavy (non-hydrogen) atoms. The van der Waals surface area contributed by atoms with Crippen LogP contribution in [0.3, 0.4) is 0 Å². The van der Waals surface area contributed by atoms with Gasteiger partial charge in [-0.05, 0) is 6.92 Å². The van der Waals surface area contributed by atoms with Gasteiger partial charge in [0.15, 0.2) is 0 Å². The molecule has 1 aromatic heterocycles. The highest BCUT2D eigenvalue weighted by molar-refractivity contribution is 5.12. The number of rotatable bonds is 1. The van der Waals surface area contributed by atoms with Crippen LogP contribution in [0.25, 0.3) is 0 Å². The summed E-state index contributed by atoms with van der Waals surface area (Å²) in [6.45, 7) is 5.60. The predicted molar refractivity (Wildman–Crippen MR) is 53.1 cm³/mol. The van der Waals surface area contributed by atoms with Crippen molar-refractivity contribution in [3.8, 4) is 6.07 Å². The molecule has 1 atom stereocenters. The zero-order valence-electron chi connectivity index (χ0n) is 8.42. The molecule has 5 nitrogen and oxygen atoms in total. The van der Waals surface area contributed by atoms with Gasteiger partial charge in [0.1, 0.15) is 0 Å². The fourth-order valence-corrected chi connectivity index (χ4v) is 0.790. The van der Waals surface area contributed by atoms with E-state index in [1.807, 2.05) is 24.9 Å². The maximum Gasteiger partial charge on any atom is 0.325 e. The molecule has 5 heteroatoms. The Morgan fingerprint density at radius 2 is 1.93 bits per heavy atom. The number of nitrogens with one attached hydrogen (secondary N) is 2. The summed E-state index contributed by atoms with van der Waals surface area (Å²) in [6.07, 6.45) is 0. The van der Waals surface area contributed by atoms with Crippen molar-refractivity contribution in [3.05, 3.63) is 32.6 Å². The van der Waals surface area contributed by atoms with Crippen molar-refractivity contribution in [1.29, 1.82) is 5.26 Å². The van der Waals surface area contributed by atoms with Crippen LogP contribution in [0.5, 0.6) is 0 Å². The second-order valence-corrected chi connectivity index (χ2v) is 2.39. The van der Waals surface area contributed by atoms with Crippen LogP contribution in [0.15, 0.2) is 15.7 Å². The summed E-state index contributed by atoms with van der Waals surface area (Å²) < 4.78 is 0. The van der Waals surface area contributed by atoms with E-state index in [4.69, 9.17) is 5.26 Å². The minimum Gasteiger partial charge on any atom is -0.310 e. The summed E-state index contributed by atoms with van der Waals surface area (Å²) in [5, 5.41) is 8.49. The lowest BCUT2D eigenvalue weighted by Crippen LogP contribution is -2.23. The van der Waals surface area contributed by atoms with Crippen molar-refractivity contribution in [2.45, 2.75) is 26.7 Å². The molecule has 0 saturated heterocycles. The Morgan fingerprint density at radius 3 is 2.36 bits per heavy atom. The molecular formula is C9H13N3O2. The van der Waals surface area contributed by atoms with Gasteiger partial charge in [-0.15, -0.1) is 0 Å². The van der Waals surface area contributed by atoms with E-state index >= 15 is 0 Å². The number of hydrogen-bond donors (Lipinski definition) is 2. The van der Waals surface area contributed by atoms with E-state index in [1.165, 1.54) is 6.07 Å². The van der Waals surface area contributed by atoms with E-state index in [2.05, 4.69) is 4.98 Å². The van der Waals surface area contributed by atoms with E-state index in [0.717, 1.165) is 0 Å². The van der Waals surface area contributed by atoms with Gasteiger partial charge in [-0.3, -0.25) is 9.78 Å². The standard InChI is InChI=1S/C7H7N3O2.C2H6/c1-4(3-8)5-2-6(11)10-7(12)9-5;1-2/h2,4H,1H3,(H2,9,10,11,12);1-2H3. The van der Waals surface area contributed by atoms with E-state index in [1.54, 1.807) is 6.92 Å². The summed E-state index contributed by atoms with van der Waals surface area (Å²) in [5.41, 5.74) is -0.735. The summed E-state index contributed by atoms with van der Waals surface area (Å²) in [5.74, 6) is -0.472. The van der Waals surface area contributed by atoms with E-state index < -0.39 is 17.2 Å². The molecule has 0 saturated carbocycles. The molecule has 1 rings (SSSR count). The highest BCUT2D eigenvalue weighted by atomic mass is 16.2. The topological polar surface area (TPSA) is 89.5 Å². The third-order valence-corrected chi connectivity index (χ3v) is 1.44. The SMILES string of the molecule is CC.CC(C#N)c1cc(=O)[nH]c(=O)[nH]1. The normalized spacial score (nSPS) is 10.7. The number of nitrogens with zero attached hydrogens (tertiary/aromatic N) is 1. The van der Waals surface area contributed by atoms with Crippen LogP contribution < -0.4 is 11.2 Å². The zero-order valence-corrected chi connectivity index (χ0v) is 8.42. The maximum absolute atomic E-state index is 10.7. The van der Waals surface area contributed by atoms with Gasteiger partial charge < -0.3 is 4.98 Å². The number of nitriles is 1. The average molecular weight is 195 g/mol. The van der Waals surface area contributed by atoms with Gasteiger partial charge >= 0.3 is 5.69 Å². The van der Waals surface area contributed by atoms with Gasteiger partial charge in [0.2, 0.25) is 0 Å². The van der Waals surface area contributed by atoms with Crippen molar-refractivity contribution < 1.29 is 0 Å². The van der Waals surface area contributed by atoms with Crippen molar-refractivity contribution in [2.24, 2.45) is 0 Å². The lowest BCUT2D eigenvalue weighted by molar-refractivity contribution is 0.870. The Balaban J connectivity index is 0.000000791. The quantitative estimate of drug-likeness (QED) is 0.691. The molecule has 76 valence electrons. The summed E-state index contributed by atoms with van der Waals surface area (Å²) in [6, 6.07) is 3.12. The van der Waals surface area contributed by atoms with E-state index in [-0.39, 0.29) is 0 Å². The first-order chi connectivity index (χ1) is 6.63. The number of aromatic nitrogens is 2. The number of hydrogen-bond acceptors (Lipinski definition) is 3. The van der Waals surface area contributed by atoms with Crippen LogP contribution in [0, 0.1) is 11.3 Å². The van der Waals surface area contributed by atoms with Crippen LogP contribution in [-0.2, 0) is 0 Å². The Morgan fingerprint density at radius 1 is 1.36 bits per heavy atom. The largest absolute Gasteiger partial charge is 0.325 e. The average Bonchev–Trinajstić information content (AvgIpc) is 2.18. The smallest absolute Gasteiger partial charge is 0.310 e. The van der Waals surface area contributed by atoms with Crippen LogP contribution in [0.1, 0.15) is 32.4 Å². The Labute approximate surface area is 81.4 Å². The minimum atomic E-state index is -0.584. The molecule has 0 aromatic carbocycles. The second-order valence-electron chi connectivity index (χ2n) is 2.39. The van der Waals surface area contributed by atoms with Gasteiger partial charge in [0, 0.05) is 11.8 Å². The molecule has 1 aromatic rings. The Hall–Kier alpha value is -1.83. The van der Waals surface area contributed by atoms with Crippen molar-refractivity contribution in [3.63, 3.8) is 0 Å². The lowest BCUT2D eigenvalue weighted by atomic mass is 10.1. The highest BCUT2D eigenvalue weighted by Gasteiger charge is 2.04. The Bertz CT molecular complexity index is 396. The Kier molecular flexibility index (Phi) is 5.00. The van der Waals surface area contributed by atoms with Gasteiger partial charge in [-0.25, -0.2) is 4.79 Å². The van der Waals surface area contributed by atoms with Crippen molar-refractivity contribution >= 4 is 0 Å². The van der Waals surface area contributed by atoms with Crippen LogP contribution in [-0.4, -0.2) is 9.97 Å². The first kappa shape index (κ1) is 12.2. The second kappa shape index (κ2) is 5.75. The lowest BCUT2D eigenvalue weighted by Gasteiger charge is -1.98. The molecular weight excluding hydrogens is 182 g/mol. The molecule has 0 aliphatic heterocycles. The molecule has 2 N–H and O–H groups in total. The van der Waals surface area contributed by atoms with Crippen LogP contribution in [0.4, 0.5) is 0 Å². The molecule has 0 amide bonds. The molecule has 0 aliphatic carbocycles. The van der Waals surface area contributed by atoms with Gasteiger partial charge in [0.25, 0.3) is 5.56 Å². The molecule has 0 spiro atoms. The third-order valence-electron chi connectivity index (χ3n) is 1.44. The van der Waals surface area contributed by atoms with E-state index in [0.29, 0.717) is 5.69 Å². The highest BCUT2D eigenvalue weighted by Crippen LogP contribution is 2.05.